The Morgan fingerprint density at radius 3 is 2.62 bits per heavy atom. The van der Waals surface area contributed by atoms with Crippen LogP contribution in [0.2, 0.25) is 0 Å². The van der Waals surface area contributed by atoms with E-state index in [4.69, 9.17) is 10.8 Å². The zero-order valence-electron chi connectivity index (χ0n) is 9.39. The van der Waals surface area contributed by atoms with Crippen molar-refractivity contribution in [1.82, 2.24) is 5.32 Å². The van der Waals surface area contributed by atoms with Gasteiger partial charge in [-0.3, -0.25) is 4.79 Å². The van der Waals surface area contributed by atoms with Crippen LogP contribution in [0, 0.1) is 0 Å². The first-order chi connectivity index (χ1) is 7.59. The number of hydrogen-bond donors (Lipinski definition) is 3. The molecule has 1 aromatic rings. The van der Waals surface area contributed by atoms with Gasteiger partial charge >= 0.3 is 0 Å². The molecule has 1 rings (SSSR count). The maximum atomic E-state index is 11.4. The standard InChI is InChI=1S/C12H18N2O2/c1-9(15)8-14-12(16)7-11(13)10-5-3-2-4-6-10/h2-6,9,11,15H,7-8,13H2,1H3,(H,14,16)/t9-,11?/m0/s1. The minimum Gasteiger partial charge on any atom is -0.392 e. The number of hydrogen-bond acceptors (Lipinski definition) is 3. The number of carbonyl (C=O) groups excluding carboxylic acids is 1. The molecule has 0 aliphatic rings. The first-order valence-electron chi connectivity index (χ1n) is 5.35. The van der Waals surface area contributed by atoms with Gasteiger partial charge in [0.25, 0.3) is 0 Å². The van der Waals surface area contributed by atoms with Gasteiger partial charge in [0.05, 0.1) is 6.10 Å². The highest BCUT2D eigenvalue weighted by atomic mass is 16.3. The molecule has 4 nitrogen and oxygen atoms in total. The van der Waals surface area contributed by atoms with Crippen molar-refractivity contribution in [2.24, 2.45) is 5.73 Å². The fraction of sp³-hybridized carbons (Fsp3) is 0.417. The van der Waals surface area contributed by atoms with Crippen molar-refractivity contribution in [2.75, 3.05) is 6.54 Å². The molecule has 4 N–H and O–H groups in total. The largest absolute Gasteiger partial charge is 0.392 e. The summed E-state index contributed by atoms with van der Waals surface area (Å²) in [6, 6.07) is 9.18. The molecular weight excluding hydrogens is 204 g/mol. The Kier molecular flexibility index (Phi) is 4.95. The second-order valence-electron chi connectivity index (χ2n) is 3.87. The molecule has 0 aliphatic heterocycles. The molecule has 1 aromatic carbocycles. The van der Waals surface area contributed by atoms with Crippen LogP contribution in [0.4, 0.5) is 0 Å². The van der Waals surface area contributed by atoms with Crippen LogP contribution in [0.5, 0.6) is 0 Å². The minimum atomic E-state index is -0.531. The normalized spacial score (nSPS) is 14.2. The summed E-state index contributed by atoms with van der Waals surface area (Å²) in [6.45, 7) is 1.89. The lowest BCUT2D eigenvalue weighted by Crippen LogP contribution is -2.32. The van der Waals surface area contributed by atoms with Crippen LogP contribution in [0.15, 0.2) is 30.3 Å². The van der Waals surface area contributed by atoms with Gasteiger partial charge in [-0.2, -0.15) is 0 Å². The molecule has 1 unspecified atom stereocenters. The first-order valence-corrected chi connectivity index (χ1v) is 5.35. The molecule has 0 aliphatic carbocycles. The summed E-state index contributed by atoms with van der Waals surface area (Å²) in [4.78, 5) is 11.4. The second kappa shape index (κ2) is 6.25. The van der Waals surface area contributed by atoms with Crippen molar-refractivity contribution in [2.45, 2.75) is 25.5 Å². The lowest BCUT2D eigenvalue weighted by Gasteiger charge is -2.12. The van der Waals surface area contributed by atoms with Crippen molar-refractivity contribution in [3.8, 4) is 0 Å². The number of nitrogens with two attached hydrogens (primary N) is 1. The van der Waals surface area contributed by atoms with E-state index in [9.17, 15) is 4.79 Å². The summed E-state index contributed by atoms with van der Waals surface area (Å²) in [5.41, 5.74) is 6.82. The van der Waals surface area contributed by atoms with Gasteiger partial charge in [-0.25, -0.2) is 0 Å². The van der Waals surface area contributed by atoms with Gasteiger partial charge in [-0.1, -0.05) is 30.3 Å². The lowest BCUT2D eigenvalue weighted by atomic mass is 10.0. The molecule has 0 aromatic heterocycles. The summed E-state index contributed by atoms with van der Waals surface area (Å²) in [5.74, 6) is -0.141. The van der Waals surface area contributed by atoms with Crippen LogP contribution in [0.3, 0.4) is 0 Å². The number of aliphatic hydroxyl groups is 1. The fourth-order valence-corrected chi connectivity index (χ4v) is 1.35. The van der Waals surface area contributed by atoms with E-state index >= 15 is 0 Å². The van der Waals surface area contributed by atoms with E-state index in [1.54, 1.807) is 6.92 Å². The summed E-state index contributed by atoms with van der Waals surface area (Å²) in [6.07, 6.45) is -0.298. The average Bonchev–Trinajstić information content (AvgIpc) is 2.27. The summed E-state index contributed by atoms with van der Waals surface area (Å²) in [7, 11) is 0. The van der Waals surface area contributed by atoms with E-state index in [0.29, 0.717) is 0 Å². The quantitative estimate of drug-likeness (QED) is 0.682. The third-order valence-electron chi connectivity index (χ3n) is 2.23. The molecule has 0 radical (unpaired) electrons. The maximum Gasteiger partial charge on any atom is 0.221 e. The van der Waals surface area contributed by atoms with Crippen molar-refractivity contribution < 1.29 is 9.90 Å². The average molecular weight is 222 g/mol. The third-order valence-corrected chi connectivity index (χ3v) is 2.23. The molecular formula is C12H18N2O2. The molecule has 4 heteroatoms. The molecule has 88 valence electrons. The van der Waals surface area contributed by atoms with Gasteiger partial charge in [0.1, 0.15) is 0 Å². The number of nitrogens with one attached hydrogen (secondary N) is 1. The summed E-state index contributed by atoms with van der Waals surface area (Å²) in [5, 5.41) is 11.6. The number of aliphatic hydroxyl groups excluding tert-OH is 1. The molecule has 0 bridgehead atoms. The maximum absolute atomic E-state index is 11.4. The molecule has 1 amide bonds. The minimum absolute atomic E-state index is 0.141. The van der Waals surface area contributed by atoms with E-state index in [1.807, 2.05) is 30.3 Å². The second-order valence-corrected chi connectivity index (χ2v) is 3.87. The molecule has 2 atom stereocenters. The Morgan fingerprint density at radius 1 is 1.44 bits per heavy atom. The fourth-order valence-electron chi connectivity index (χ4n) is 1.35. The van der Waals surface area contributed by atoms with Crippen LogP contribution in [0.25, 0.3) is 0 Å². The van der Waals surface area contributed by atoms with Gasteiger partial charge in [0, 0.05) is 19.0 Å². The Bertz CT molecular complexity index is 325. The number of carbonyl (C=O) groups is 1. The smallest absolute Gasteiger partial charge is 0.221 e. The molecule has 0 saturated carbocycles. The number of rotatable bonds is 5. The number of benzene rings is 1. The van der Waals surface area contributed by atoms with E-state index in [2.05, 4.69) is 5.32 Å². The zero-order valence-corrected chi connectivity index (χ0v) is 9.39. The van der Waals surface area contributed by atoms with Crippen molar-refractivity contribution in [3.63, 3.8) is 0 Å². The van der Waals surface area contributed by atoms with Crippen molar-refractivity contribution in [1.29, 1.82) is 0 Å². The van der Waals surface area contributed by atoms with Crippen LogP contribution < -0.4 is 11.1 Å². The van der Waals surface area contributed by atoms with Crippen LogP contribution in [-0.4, -0.2) is 23.7 Å². The van der Waals surface area contributed by atoms with Gasteiger partial charge in [-0.15, -0.1) is 0 Å². The molecule has 0 fully saturated rings. The SMILES string of the molecule is C[C@H](O)CNC(=O)CC(N)c1ccccc1. The van der Waals surface area contributed by atoms with E-state index in [-0.39, 0.29) is 24.9 Å². The topological polar surface area (TPSA) is 75.3 Å². The van der Waals surface area contributed by atoms with Gasteiger partial charge in [0.2, 0.25) is 5.91 Å². The predicted octanol–water partition coefficient (Wildman–Crippen LogP) is 0.574. The van der Waals surface area contributed by atoms with E-state index < -0.39 is 6.10 Å². The summed E-state index contributed by atoms with van der Waals surface area (Å²) < 4.78 is 0. The summed E-state index contributed by atoms with van der Waals surface area (Å²) >= 11 is 0. The Labute approximate surface area is 95.5 Å². The van der Waals surface area contributed by atoms with Crippen LogP contribution in [0.1, 0.15) is 24.9 Å². The monoisotopic (exact) mass is 222 g/mol. The van der Waals surface area contributed by atoms with Gasteiger partial charge in [-0.05, 0) is 12.5 Å². The number of amides is 1. The lowest BCUT2D eigenvalue weighted by molar-refractivity contribution is -0.121. The Balaban J connectivity index is 2.40. The Morgan fingerprint density at radius 2 is 2.06 bits per heavy atom. The van der Waals surface area contributed by atoms with E-state index in [0.717, 1.165) is 5.56 Å². The predicted molar refractivity (Wildman–Crippen MR) is 62.7 cm³/mol. The molecule has 0 heterocycles. The first kappa shape index (κ1) is 12.7. The van der Waals surface area contributed by atoms with Crippen LogP contribution >= 0.6 is 0 Å². The Hall–Kier alpha value is -1.39. The highest BCUT2D eigenvalue weighted by molar-refractivity contribution is 5.76. The van der Waals surface area contributed by atoms with Gasteiger partial charge < -0.3 is 16.2 Å². The van der Waals surface area contributed by atoms with E-state index in [1.165, 1.54) is 0 Å². The highest BCUT2D eigenvalue weighted by Crippen LogP contribution is 2.12. The zero-order chi connectivity index (χ0) is 12.0. The van der Waals surface area contributed by atoms with Crippen LogP contribution in [-0.2, 0) is 4.79 Å². The highest BCUT2D eigenvalue weighted by Gasteiger charge is 2.11. The molecule has 16 heavy (non-hydrogen) atoms. The molecule has 0 spiro atoms. The third kappa shape index (κ3) is 4.42. The van der Waals surface area contributed by atoms with Gasteiger partial charge in [0.15, 0.2) is 0 Å². The van der Waals surface area contributed by atoms with Crippen molar-refractivity contribution >= 4 is 5.91 Å². The molecule has 0 saturated heterocycles. The van der Waals surface area contributed by atoms with Crippen molar-refractivity contribution in [3.05, 3.63) is 35.9 Å².